The molecule has 0 saturated heterocycles. The summed E-state index contributed by atoms with van der Waals surface area (Å²) < 4.78 is 0. The van der Waals surface area contributed by atoms with E-state index in [1.165, 1.54) is 0 Å². The highest BCUT2D eigenvalue weighted by Crippen LogP contribution is 2.21. The van der Waals surface area contributed by atoms with Gasteiger partial charge in [-0.3, -0.25) is 0 Å². The molecule has 0 aliphatic heterocycles. The fraction of sp³-hybridized carbons (Fsp3) is 0.417. The number of anilines is 1. The number of hydrogen-bond acceptors (Lipinski definition) is 3. The Kier molecular flexibility index (Phi) is 3.70. The lowest BCUT2D eigenvalue weighted by Gasteiger charge is -2.26. The van der Waals surface area contributed by atoms with Crippen molar-refractivity contribution in [2.24, 2.45) is 0 Å². The molecule has 0 aliphatic rings. The molecule has 0 bridgehead atoms. The molecular weight excluding hydrogens is 188 g/mol. The van der Waals surface area contributed by atoms with Crippen LogP contribution in [0, 0.1) is 18.3 Å². The second kappa shape index (κ2) is 4.81. The van der Waals surface area contributed by atoms with Crippen LogP contribution < -0.4 is 4.90 Å². The summed E-state index contributed by atoms with van der Waals surface area (Å²) in [6, 6.07) is 7.93. The highest BCUT2D eigenvalue weighted by atomic mass is 16.3. The van der Waals surface area contributed by atoms with Crippen molar-refractivity contribution in [1.82, 2.24) is 0 Å². The van der Waals surface area contributed by atoms with Crippen LogP contribution >= 0.6 is 0 Å². The monoisotopic (exact) mass is 204 g/mol. The minimum Gasteiger partial charge on any atom is -0.394 e. The van der Waals surface area contributed by atoms with E-state index in [0.717, 1.165) is 11.3 Å². The molecule has 1 unspecified atom stereocenters. The minimum absolute atomic E-state index is 0.0137. The average Bonchev–Trinajstić information content (AvgIpc) is 2.26. The van der Waals surface area contributed by atoms with Gasteiger partial charge in [-0.1, -0.05) is 6.07 Å². The maximum absolute atomic E-state index is 9.06. The first-order valence-corrected chi connectivity index (χ1v) is 4.94. The molecule has 0 aliphatic carbocycles. The highest BCUT2D eigenvalue weighted by molar-refractivity contribution is 5.60. The SMILES string of the molecule is Cc1ccc(N(C)C(C)CO)c(C#N)c1. The molecule has 1 aromatic rings. The number of benzene rings is 1. The Bertz CT molecular complexity index is 382. The topological polar surface area (TPSA) is 47.3 Å². The van der Waals surface area contributed by atoms with Crippen molar-refractivity contribution in [1.29, 1.82) is 5.26 Å². The van der Waals surface area contributed by atoms with Crippen LogP contribution in [0.2, 0.25) is 0 Å². The number of aliphatic hydroxyl groups excluding tert-OH is 1. The van der Waals surface area contributed by atoms with Crippen LogP contribution in [0.25, 0.3) is 0 Å². The Balaban J connectivity index is 3.09. The van der Waals surface area contributed by atoms with E-state index in [1.807, 2.05) is 44.0 Å². The van der Waals surface area contributed by atoms with Gasteiger partial charge in [0, 0.05) is 13.1 Å². The van der Waals surface area contributed by atoms with Crippen LogP contribution in [0.15, 0.2) is 18.2 Å². The Morgan fingerprint density at radius 1 is 1.53 bits per heavy atom. The molecule has 15 heavy (non-hydrogen) atoms. The summed E-state index contributed by atoms with van der Waals surface area (Å²) >= 11 is 0. The quantitative estimate of drug-likeness (QED) is 0.815. The summed E-state index contributed by atoms with van der Waals surface area (Å²) in [6.45, 7) is 3.95. The maximum atomic E-state index is 9.06. The number of nitriles is 1. The number of aryl methyl sites for hydroxylation is 1. The summed E-state index contributed by atoms with van der Waals surface area (Å²) in [5, 5.41) is 18.1. The Morgan fingerprint density at radius 2 is 2.20 bits per heavy atom. The zero-order valence-electron chi connectivity index (χ0n) is 9.36. The van der Waals surface area contributed by atoms with Crippen molar-refractivity contribution in [2.45, 2.75) is 19.9 Å². The largest absolute Gasteiger partial charge is 0.394 e. The fourth-order valence-electron chi connectivity index (χ4n) is 1.41. The lowest BCUT2D eigenvalue weighted by Crippen LogP contribution is -2.32. The van der Waals surface area contributed by atoms with E-state index in [1.54, 1.807) is 0 Å². The molecule has 3 heteroatoms. The van der Waals surface area contributed by atoms with Crippen molar-refractivity contribution < 1.29 is 5.11 Å². The molecule has 0 heterocycles. The van der Waals surface area contributed by atoms with Crippen LogP contribution in [0.4, 0.5) is 5.69 Å². The smallest absolute Gasteiger partial charge is 0.101 e. The number of nitrogens with zero attached hydrogens (tertiary/aromatic N) is 2. The van der Waals surface area contributed by atoms with Gasteiger partial charge in [-0.25, -0.2) is 0 Å². The molecule has 80 valence electrons. The van der Waals surface area contributed by atoms with E-state index in [-0.39, 0.29) is 12.6 Å². The second-order valence-electron chi connectivity index (χ2n) is 3.77. The van der Waals surface area contributed by atoms with Crippen molar-refractivity contribution in [3.63, 3.8) is 0 Å². The van der Waals surface area contributed by atoms with E-state index < -0.39 is 0 Å². The summed E-state index contributed by atoms with van der Waals surface area (Å²) in [7, 11) is 1.88. The molecule has 0 fully saturated rings. The number of likely N-dealkylation sites (N-methyl/N-ethyl adjacent to an activating group) is 1. The van der Waals surface area contributed by atoms with Gasteiger partial charge in [0.1, 0.15) is 6.07 Å². The van der Waals surface area contributed by atoms with E-state index in [2.05, 4.69) is 6.07 Å². The van der Waals surface area contributed by atoms with Crippen LogP contribution in [0.5, 0.6) is 0 Å². The third-order valence-electron chi connectivity index (χ3n) is 2.58. The summed E-state index contributed by atoms with van der Waals surface area (Å²) in [5.41, 5.74) is 2.59. The Morgan fingerprint density at radius 3 is 2.73 bits per heavy atom. The molecule has 0 aromatic heterocycles. The first-order chi connectivity index (χ1) is 7.10. The van der Waals surface area contributed by atoms with E-state index in [9.17, 15) is 0 Å². The third kappa shape index (κ3) is 2.48. The van der Waals surface area contributed by atoms with Crippen molar-refractivity contribution in [3.05, 3.63) is 29.3 Å². The molecule has 1 aromatic carbocycles. The number of rotatable bonds is 3. The van der Waals surface area contributed by atoms with Gasteiger partial charge in [0.2, 0.25) is 0 Å². The molecule has 0 radical (unpaired) electrons. The zero-order chi connectivity index (χ0) is 11.4. The fourth-order valence-corrected chi connectivity index (χ4v) is 1.41. The molecule has 0 saturated carbocycles. The zero-order valence-corrected chi connectivity index (χ0v) is 9.36. The number of hydrogen-bond donors (Lipinski definition) is 1. The van der Waals surface area contributed by atoms with Crippen LogP contribution in [-0.4, -0.2) is 24.8 Å². The van der Waals surface area contributed by atoms with Gasteiger partial charge < -0.3 is 10.0 Å². The lowest BCUT2D eigenvalue weighted by molar-refractivity contribution is 0.270. The summed E-state index contributed by atoms with van der Waals surface area (Å²) in [6.07, 6.45) is 0. The van der Waals surface area contributed by atoms with E-state index in [0.29, 0.717) is 5.56 Å². The maximum Gasteiger partial charge on any atom is 0.101 e. The number of aliphatic hydroxyl groups is 1. The van der Waals surface area contributed by atoms with Gasteiger partial charge in [0.05, 0.1) is 17.9 Å². The second-order valence-corrected chi connectivity index (χ2v) is 3.77. The summed E-state index contributed by atoms with van der Waals surface area (Å²) in [5.74, 6) is 0. The predicted octanol–water partition coefficient (Wildman–Crippen LogP) is 1.68. The Hall–Kier alpha value is -1.53. The lowest BCUT2D eigenvalue weighted by atomic mass is 10.1. The van der Waals surface area contributed by atoms with Crippen LogP contribution in [0.1, 0.15) is 18.1 Å². The van der Waals surface area contributed by atoms with Gasteiger partial charge in [-0.05, 0) is 31.5 Å². The molecule has 1 N–H and O–H groups in total. The van der Waals surface area contributed by atoms with Gasteiger partial charge in [0.15, 0.2) is 0 Å². The average molecular weight is 204 g/mol. The standard InChI is InChI=1S/C12H16N2O/c1-9-4-5-12(11(6-9)7-13)14(3)10(2)8-15/h4-6,10,15H,8H2,1-3H3. The minimum atomic E-state index is 0.0137. The molecule has 0 amide bonds. The first-order valence-electron chi connectivity index (χ1n) is 4.94. The van der Waals surface area contributed by atoms with Gasteiger partial charge in [-0.2, -0.15) is 5.26 Å². The van der Waals surface area contributed by atoms with Crippen molar-refractivity contribution >= 4 is 5.69 Å². The summed E-state index contributed by atoms with van der Waals surface area (Å²) in [4.78, 5) is 1.91. The molecule has 1 atom stereocenters. The van der Waals surface area contributed by atoms with Crippen molar-refractivity contribution in [3.8, 4) is 6.07 Å². The van der Waals surface area contributed by atoms with E-state index in [4.69, 9.17) is 10.4 Å². The van der Waals surface area contributed by atoms with Crippen LogP contribution in [0.3, 0.4) is 0 Å². The predicted molar refractivity (Wildman–Crippen MR) is 60.8 cm³/mol. The highest BCUT2D eigenvalue weighted by Gasteiger charge is 2.12. The van der Waals surface area contributed by atoms with Gasteiger partial charge in [-0.15, -0.1) is 0 Å². The van der Waals surface area contributed by atoms with Gasteiger partial charge in [0.25, 0.3) is 0 Å². The Labute approximate surface area is 90.6 Å². The molecule has 1 rings (SSSR count). The molecular formula is C12H16N2O. The molecule has 3 nitrogen and oxygen atoms in total. The van der Waals surface area contributed by atoms with Crippen molar-refractivity contribution in [2.75, 3.05) is 18.6 Å². The van der Waals surface area contributed by atoms with E-state index >= 15 is 0 Å². The normalized spacial score (nSPS) is 11.9. The third-order valence-corrected chi connectivity index (χ3v) is 2.58. The first kappa shape index (κ1) is 11.5. The van der Waals surface area contributed by atoms with Gasteiger partial charge >= 0.3 is 0 Å². The molecule has 0 spiro atoms. The van der Waals surface area contributed by atoms with Crippen LogP contribution in [-0.2, 0) is 0 Å².